The summed E-state index contributed by atoms with van der Waals surface area (Å²) >= 11 is 0. The van der Waals surface area contributed by atoms with Crippen molar-refractivity contribution in [2.45, 2.75) is 44.6 Å². The number of anilines is 2. The van der Waals surface area contributed by atoms with Gasteiger partial charge in [0, 0.05) is 50.4 Å². The number of aromatic nitrogens is 2. The number of alkyl halides is 2. The predicted octanol–water partition coefficient (Wildman–Crippen LogP) is 4.99. The van der Waals surface area contributed by atoms with E-state index in [0.717, 1.165) is 52.2 Å². The fourth-order valence-electron chi connectivity index (χ4n) is 5.62. The largest absolute Gasteiger partial charge is 0.327 e. The molecule has 1 aromatic carbocycles. The van der Waals surface area contributed by atoms with Gasteiger partial charge < -0.3 is 0 Å². The molecule has 0 N–H and O–H groups in total. The van der Waals surface area contributed by atoms with Gasteiger partial charge in [0.15, 0.2) is 5.82 Å². The van der Waals surface area contributed by atoms with Crippen LogP contribution in [0.5, 0.6) is 0 Å². The maximum atomic E-state index is 13.6. The Morgan fingerprint density at radius 3 is 2.45 bits per heavy atom. The van der Waals surface area contributed by atoms with Crippen LogP contribution < -0.4 is 8.61 Å². The molecule has 1 atom stereocenters. The molecular weight excluding hydrogens is 508 g/mol. The first kappa shape index (κ1) is 25.2. The second-order valence-electron chi connectivity index (χ2n) is 10.7. The number of fused-ring (bicyclic) bond motifs is 1. The van der Waals surface area contributed by atoms with E-state index in [1.807, 2.05) is 19.3 Å². The van der Waals surface area contributed by atoms with Crippen LogP contribution in [0.1, 0.15) is 41.9 Å². The SMILES string of the molecule is Cc1ccc(CN2CCC(c3ccncc3)CC2)cc1-c1ccc2c(n1)N(C)S(=O)(=O)N2CC1CC1(F)F. The maximum Gasteiger partial charge on any atom is 0.327 e. The van der Waals surface area contributed by atoms with Crippen molar-refractivity contribution >= 4 is 21.7 Å². The summed E-state index contributed by atoms with van der Waals surface area (Å²) in [6, 6.07) is 14.0. The number of rotatable bonds is 6. The van der Waals surface area contributed by atoms with E-state index in [2.05, 4.69) is 40.2 Å². The lowest BCUT2D eigenvalue weighted by molar-refractivity contribution is 0.101. The molecule has 3 aliphatic rings. The fourth-order valence-corrected chi connectivity index (χ4v) is 7.03. The van der Waals surface area contributed by atoms with Crippen LogP contribution in [0, 0.1) is 12.8 Å². The molecule has 10 heteroatoms. The highest BCUT2D eigenvalue weighted by molar-refractivity contribution is 7.94. The van der Waals surface area contributed by atoms with Gasteiger partial charge in [-0.2, -0.15) is 8.42 Å². The smallest absolute Gasteiger partial charge is 0.299 e. The Morgan fingerprint density at radius 1 is 1.05 bits per heavy atom. The molecule has 1 saturated carbocycles. The van der Waals surface area contributed by atoms with E-state index >= 15 is 0 Å². The molecule has 0 radical (unpaired) electrons. The van der Waals surface area contributed by atoms with E-state index < -0.39 is 22.0 Å². The molecule has 0 bridgehead atoms. The van der Waals surface area contributed by atoms with Gasteiger partial charge in [0.2, 0.25) is 0 Å². The molecule has 1 aliphatic carbocycles. The average Bonchev–Trinajstić information content (AvgIpc) is 3.48. The normalized spacial score (nSPS) is 22.5. The summed E-state index contributed by atoms with van der Waals surface area (Å²) in [4.78, 5) is 11.3. The van der Waals surface area contributed by atoms with E-state index in [9.17, 15) is 17.2 Å². The highest BCUT2D eigenvalue weighted by Gasteiger charge is 2.59. The zero-order chi connectivity index (χ0) is 26.7. The van der Waals surface area contributed by atoms with Crippen LogP contribution in [-0.2, 0) is 16.8 Å². The molecule has 2 aliphatic heterocycles. The Bertz CT molecular complexity index is 1460. The first-order valence-electron chi connectivity index (χ1n) is 13.0. The summed E-state index contributed by atoms with van der Waals surface area (Å²) in [5, 5.41) is 0. The number of hydrogen-bond acceptors (Lipinski definition) is 5. The van der Waals surface area contributed by atoms with Crippen molar-refractivity contribution in [2.24, 2.45) is 5.92 Å². The van der Waals surface area contributed by atoms with Crippen molar-refractivity contribution in [3.8, 4) is 11.3 Å². The van der Waals surface area contributed by atoms with E-state index in [1.165, 1.54) is 18.2 Å². The summed E-state index contributed by atoms with van der Waals surface area (Å²) in [6.45, 7) is 4.65. The quantitative estimate of drug-likeness (QED) is 0.442. The lowest BCUT2D eigenvalue weighted by Gasteiger charge is -2.32. The highest BCUT2D eigenvalue weighted by atomic mass is 32.2. The second kappa shape index (κ2) is 9.27. The van der Waals surface area contributed by atoms with Gasteiger partial charge in [-0.15, -0.1) is 0 Å². The Kier molecular flexibility index (Phi) is 6.14. The van der Waals surface area contributed by atoms with Crippen molar-refractivity contribution in [1.82, 2.24) is 14.9 Å². The summed E-state index contributed by atoms with van der Waals surface area (Å²) in [5.74, 6) is -2.91. The number of hydrogen-bond donors (Lipinski definition) is 0. The van der Waals surface area contributed by atoms with Gasteiger partial charge in [0.1, 0.15) is 0 Å². The number of aryl methyl sites for hydroxylation is 1. The molecule has 3 aromatic rings. The van der Waals surface area contributed by atoms with Gasteiger partial charge in [0.25, 0.3) is 5.92 Å². The zero-order valence-electron chi connectivity index (χ0n) is 21.5. The Labute approximate surface area is 222 Å². The van der Waals surface area contributed by atoms with Crippen LogP contribution in [-0.4, -0.2) is 55.9 Å². The second-order valence-corrected chi connectivity index (χ2v) is 12.6. The van der Waals surface area contributed by atoms with Gasteiger partial charge in [-0.3, -0.25) is 9.88 Å². The van der Waals surface area contributed by atoms with E-state index in [-0.39, 0.29) is 18.8 Å². The Morgan fingerprint density at radius 2 is 1.76 bits per heavy atom. The molecule has 2 fully saturated rings. The highest BCUT2D eigenvalue weighted by Crippen LogP contribution is 2.51. The standard InChI is InChI=1S/C28H31F2N5O2S/c1-19-3-4-20(17-34-13-9-22(10-14-34)21-7-11-31-12-8-21)15-24(19)25-5-6-26-27(32-25)33(2)38(36,37)35(26)18-23-16-28(23,29)30/h3-8,11-12,15,22-23H,9-10,13-14,16-18H2,1-2H3. The minimum atomic E-state index is -3.93. The minimum absolute atomic E-state index is 0.236. The molecular formula is C28H31F2N5O2S. The third kappa shape index (κ3) is 4.53. The molecule has 1 unspecified atom stereocenters. The summed E-state index contributed by atoms with van der Waals surface area (Å²) in [6.07, 6.45) is 5.66. The molecule has 200 valence electrons. The molecule has 0 spiro atoms. The van der Waals surface area contributed by atoms with E-state index in [1.54, 1.807) is 12.1 Å². The molecule has 4 heterocycles. The fraction of sp³-hybridized carbons (Fsp3) is 0.429. The number of halogens is 2. The number of piperidine rings is 1. The molecule has 1 saturated heterocycles. The van der Waals surface area contributed by atoms with Gasteiger partial charge in [-0.05, 0) is 85.8 Å². The predicted molar refractivity (Wildman–Crippen MR) is 144 cm³/mol. The van der Waals surface area contributed by atoms with Crippen LogP contribution in [0.15, 0.2) is 54.9 Å². The molecule has 2 aromatic heterocycles. The zero-order valence-corrected chi connectivity index (χ0v) is 22.3. The first-order chi connectivity index (χ1) is 18.1. The third-order valence-electron chi connectivity index (χ3n) is 8.14. The van der Waals surface area contributed by atoms with Gasteiger partial charge in [0.05, 0.1) is 11.4 Å². The van der Waals surface area contributed by atoms with Crippen LogP contribution in [0.3, 0.4) is 0 Å². The lowest BCUT2D eigenvalue weighted by atomic mass is 9.90. The molecule has 38 heavy (non-hydrogen) atoms. The molecule has 7 nitrogen and oxygen atoms in total. The molecule has 6 rings (SSSR count). The minimum Gasteiger partial charge on any atom is -0.299 e. The third-order valence-corrected chi connectivity index (χ3v) is 9.91. The van der Waals surface area contributed by atoms with Crippen molar-refractivity contribution in [3.63, 3.8) is 0 Å². The van der Waals surface area contributed by atoms with Crippen molar-refractivity contribution in [1.29, 1.82) is 0 Å². The van der Waals surface area contributed by atoms with E-state index in [4.69, 9.17) is 4.98 Å². The van der Waals surface area contributed by atoms with Gasteiger partial charge in [-0.1, -0.05) is 12.1 Å². The van der Waals surface area contributed by atoms with Crippen LogP contribution in [0.2, 0.25) is 0 Å². The average molecular weight is 540 g/mol. The van der Waals surface area contributed by atoms with Crippen LogP contribution in [0.4, 0.5) is 20.3 Å². The maximum absolute atomic E-state index is 13.6. The number of nitrogens with zero attached hydrogens (tertiary/aromatic N) is 5. The van der Waals surface area contributed by atoms with Crippen LogP contribution >= 0.6 is 0 Å². The van der Waals surface area contributed by atoms with E-state index in [0.29, 0.717) is 17.3 Å². The van der Waals surface area contributed by atoms with Gasteiger partial charge >= 0.3 is 10.2 Å². The van der Waals surface area contributed by atoms with Crippen molar-refractivity contribution in [3.05, 3.63) is 71.5 Å². The first-order valence-corrected chi connectivity index (χ1v) is 14.4. The lowest BCUT2D eigenvalue weighted by Crippen LogP contribution is -2.37. The monoisotopic (exact) mass is 539 g/mol. The van der Waals surface area contributed by atoms with Crippen molar-refractivity contribution in [2.75, 3.05) is 35.3 Å². The number of likely N-dealkylation sites (tertiary alicyclic amines) is 1. The summed E-state index contributed by atoms with van der Waals surface area (Å²) in [5.41, 5.74) is 5.53. The Hall–Kier alpha value is -3.11. The topological polar surface area (TPSA) is 69.6 Å². The number of pyridine rings is 2. The molecule has 0 amide bonds. The summed E-state index contributed by atoms with van der Waals surface area (Å²) in [7, 11) is -2.51. The van der Waals surface area contributed by atoms with Gasteiger partial charge in [-0.25, -0.2) is 22.4 Å². The Balaban J connectivity index is 1.20. The summed E-state index contributed by atoms with van der Waals surface area (Å²) < 4.78 is 55.2. The van der Waals surface area contributed by atoms with Crippen molar-refractivity contribution < 1.29 is 17.2 Å². The van der Waals surface area contributed by atoms with Crippen LogP contribution in [0.25, 0.3) is 11.3 Å². The number of benzene rings is 1.